The summed E-state index contributed by atoms with van der Waals surface area (Å²) in [5.74, 6) is -1.50. The van der Waals surface area contributed by atoms with Gasteiger partial charge in [-0.15, -0.1) is 15.0 Å². The second-order valence-electron chi connectivity index (χ2n) is 13.8. The highest BCUT2D eigenvalue weighted by atomic mass is 35.5. The third-order valence-electron chi connectivity index (χ3n) is 9.97. The molecular formula is C37H36ClF5N10O5. The number of nitrogens with zero attached hydrogens (tertiary/aromatic N) is 9. The lowest BCUT2D eigenvalue weighted by atomic mass is 10.1. The predicted octanol–water partition coefficient (Wildman–Crippen LogP) is 4.65. The number of rotatable bonds is 11. The van der Waals surface area contributed by atoms with Crippen molar-refractivity contribution in [2.24, 2.45) is 0 Å². The van der Waals surface area contributed by atoms with Crippen LogP contribution >= 0.6 is 11.6 Å². The number of pyridine rings is 1. The van der Waals surface area contributed by atoms with Crippen molar-refractivity contribution in [3.8, 4) is 11.4 Å². The Balaban J connectivity index is 1.19. The van der Waals surface area contributed by atoms with Gasteiger partial charge in [0.05, 0.1) is 33.8 Å². The Hall–Kier alpha value is -5.73. The minimum Gasteiger partial charge on any atom is -0.504 e. The van der Waals surface area contributed by atoms with Crippen molar-refractivity contribution in [1.82, 2.24) is 39.3 Å². The maximum Gasteiger partial charge on any atom is 0.416 e. The maximum absolute atomic E-state index is 14.4. The van der Waals surface area contributed by atoms with Gasteiger partial charge in [-0.05, 0) is 49.2 Å². The lowest BCUT2D eigenvalue weighted by Gasteiger charge is -2.38. The van der Waals surface area contributed by atoms with E-state index in [0.29, 0.717) is 37.1 Å². The number of hydrogen-bond acceptors (Lipinski definition) is 11. The summed E-state index contributed by atoms with van der Waals surface area (Å²) >= 11 is 6.14. The van der Waals surface area contributed by atoms with Crippen LogP contribution in [0.1, 0.15) is 39.9 Å². The highest BCUT2D eigenvalue weighted by Crippen LogP contribution is 2.34. The fourth-order valence-corrected chi connectivity index (χ4v) is 7.23. The molecule has 306 valence electrons. The van der Waals surface area contributed by atoms with E-state index in [2.05, 4.69) is 30.2 Å². The van der Waals surface area contributed by atoms with E-state index in [4.69, 9.17) is 11.6 Å². The molecule has 2 N–H and O–H groups in total. The smallest absolute Gasteiger partial charge is 0.416 e. The van der Waals surface area contributed by atoms with Crippen LogP contribution in [0.4, 0.5) is 33.3 Å². The number of aromatic nitrogens is 6. The summed E-state index contributed by atoms with van der Waals surface area (Å²) in [5, 5.41) is 21.8. The molecule has 2 fully saturated rings. The number of benzene rings is 2. The van der Waals surface area contributed by atoms with E-state index >= 15 is 0 Å². The van der Waals surface area contributed by atoms with Gasteiger partial charge in [0, 0.05) is 51.5 Å². The van der Waals surface area contributed by atoms with Gasteiger partial charge in [-0.1, -0.05) is 30.7 Å². The van der Waals surface area contributed by atoms with Crippen molar-refractivity contribution < 1.29 is 41.4 Å². The Bertz CT molecular complexity index is 2410. The van der Waals surface area contributed by atoms with Gasteiger partial charge in [0.25, 0.3) is 5.91 Å². The first-order valence-electron chi connectivity index (χ1n) is 18.1. The van der Waals surface area contributed by atoms with E-state index in [1.165, 1.54) is 20.6 Å². The van der Waals surface area contributed by atoms with Gasteiger partial charge in [0.1, 0.15) is 18.6 Å². The molecule has 0 radical (unpaired) electrons. The van der Waals surface area contributed by atoms with Crippen molar-refractivity contribution in [3.05, 3.63) is 92.2 Å². The Kier molecular flexibility index (Phi) is 11.3. The monoisotopic (exact) mass is 830 g/mol. The molecular weight excluding hydrogens is 795 g/mol. The molecule has 21 heteroatoms. The van der Waals surface area contributed by atoms with Crippen molar-refractivity contribution >= 4 is 46.0 Å². The van der Waals surface area contributed by atoms with Crippen molar-refractivity contribution in [3.63, 3.8) is 0 Å². The molecule has 2 aliphatic rings. The number of carbonyl (C=O) groups is 2. The SMILES string of the molecule is CCc1c(N2CCN(C(=O)c3ncnc(C)c3O)CC2)c(=O)c2nn(-c3ccc(CN4CC(OC(F)F)C4)cc3)nc2n1CC(=O)Nc1ccc(C(F)(F)F)cc1Cl. The normalized spacial score (nSPS) is 15.3. The number of likely N-dealkylation sites (tertiary alicyclic amines) is 1. The van der Waals surface area contributed by atoms with Gasteiger partial charge in [-0.25, -0.2) is 9.97 Å². The van der Waals surface area contributed by atoms with E-state index in [9.17, 15) is 41.4 Å². The van der Waals surface area contributed by atoms with E-state index in [1.54, 1.807) is 30.9 Å². The first-order valence-corrected chi connectivity index (χ1v) is 18.5. The number of amides is 2. The standard InChI is InChI=1S/C37H36ClF5N10O5/c1-3-27-31(50-10-12-51(13-11-50)35(57)30-32(55)20(2)44-19-45-30)33(56)29-34(52(27)18-28(54)46-26-9-6-22(14-25(26)38)37(41,42)43)48-53(47-29)23-7-4-21(5-8-23)15-49-16-24(17-49)58-36(39)40/h4-9,14,19,24,36,55H,3,10-13,15-18H2,1-2H3,(H,46,54). The summed E-state index contributed by atoms with van der Waals surface area (Å²) in [4.78, 5) is 55.7. The first kappa shape index (κ1) is 40.5. The van der Waals surface area contributed by atoms with Crippen LogP contribution in [0.3, 0.4) is 0 Å². The maximum atomic E-state index is 14.4. The molecule has 7 rings (SSSR count). The van der Waals surface area contributed by atoms with E-state index in [-0.39, 0.29) is 77.3 Å². The molecule has 0 spiro atoms. The zero-order valence-corrected chi connectivity index (χ0v) is 31.8. The summed E-state index contributed by atoms with van der Waals surface area (Å²) in [6.07, 6.45) is -3.75. The summed E-state index contributed by atoms with van der Waals surface area (Å²) in [6.45, 7) is 1.99. The Labute approximate surface area is 331 Å². The highest BCUT2D eigenvalue weighted by Gasteiger charge is 2.33. The van der Waals surface area contributed by atoms with Crippen LogP contribution in [-0.2, 0) is 35.2 Å². The number of ether oxygens (including phenoxy) is 1. The number of piperazine rings is 1. The van der Waals surface area contributed by atoms with Gasteiger partial charge in [-0.3, -0.25) is 19.3 Å². The van der Waals surface area contributed by atoms with Crippen LogP contribution in [0, 0.1) is 6.92 Å². The van der Waals surface area contributed by atoms with Crippen molar-refractivity contribution in [2.75, 3.05) is 49.5 Å². The lowest BCUT2D eigenvalue weighted by molar-refractivity contribution is -0.197. The van der Waals surface area contributed by atoms with E-state index < -0.39 is 48.2 Å². The molecule has 2 aromatic carbocycles. The molecule has 2 amide bonds. The average molecular weight is 831 g/mol. The van der Waals surface area contributed by atoms with Gasteiger partial charge in [0.2, 0.25) is 11.3 Å². The molecule has 0 atom stereocenters. The molecule has 0 aliphatic carbocycles. The summed E-state index contributed by atoms with van der Waals surface area (Å²) < 4.78 is 70.9. The van der Waals surface area contributed by atoms with Gasteiger partial charge in [-0.2, -0.15) is 22.0 Å². The molecule has 3 aromatic heterocycles. The third-order valence-corrected chi connectivity index (χ3v) is 10.3. The fourth-order valence-electron chi connectivity index (χ4n) is 7.01. The lowest BCUT2D eigenvalue weighted by Crippen LogP contribution is -2.52. The number of carbonyl (C=O) groups excluding carboxylic acids is 2. The van der Waals surface area contributed by atoms with Crippen LogP contribution < -0.4 is 15.6 Å². The Morgan fingerprint density at radius 3 is 2.38 bits per heavy atom. The molecule has 0 saturated carbocycles. The quantitative estimate of drug-likeness (QED) is 0.178. The predicted molar refractivity (Wildman–Crippen MR) is 200 cm³/mol. The largest absolute Gasteiger partial charge is 0.504 e. The topological polar surface area (TPSA) is 164 Å². The van der Waals surface area contributed by atoms with Crippen LogP contribution in [0.15, 0.2) is 53.6 Å². The van der Waals surface area contributed by atoms with Crippen molar-refractivity contribution in [1.29, 1.82) is 0 Å². The number of alkyl halides is 5. The highest BCUT2D eigenvalue weighted by molar-refractivity contribution is 6.33. The van der Waals surface area contributed by atoms with E-state index in [0.717, 1.165) is 17.7 Å². The number of nitrogens with one attached hydrogen (secondary N) is 1. The Morgan fingerprint density at radius 1 is 1.03 bits per heavy atom. The van der Waals surface area contributed by atoms with E-state index in [1.807, 2.05) is 17.0 Å². The van der Waals surface area contributed by atoms with Crippen LogP contribution in [0.5, 0.6) is 5.75 Å². The third kappa shape index (κ3) is 8.30. The minimum atomic E-state index is -4.65. The summed E-state index contributed by atoms with van der Waals surface area (Å²) in [6, 6.07) is 9.63. The average Bonchev–Trinajstić information content (AvgIpc) is 3.62. The second-order valence-corrected chi connectivity index (χ2v) is 14.2. The van der Waals surface area contributed by atoms with Crippen LogP contribution in [0.2, 0.25) is 5.02 Å². The zero-order valence-electron chi connectivity index (χ0n) is 31.0. The molecule has 5 aromatic rings. The van der Waals surface area contributed by atoms with Crippen molar-refractivity contribution in [2.45, 2.75) is 52.2 Å². The molecule has 5 heterocycles. The number of fused-ring (bicyclic) bond motifs is 1. The molecule has 0 unspecified atom stereocenters. The number of hydrogen-bond donors (Lipinski definition) is 2. The molecule has 2 saturated heterocycles. The van der Waals surface area contributed by atoms with Crippen LogP contribution in [-0.4, -0.2) is 108 Å². The number of aryl methyl sites for hydroxylation is 1. The minimum absolute atomic E-state index is 0.0556. The number of aromatic hydroxyl groups is 1. The molecule has 0 bridgehead atoms. The Morgan fingerprint density at radius 2 is 1.74 bits per heavy atom. The fraction of sp³-hybridized carbons (Fsp3) is 0.378. The molecule has 2 aliphatic heterocycles. The molecule has 58 heavy (non-hydrogen) atoms. The number of anilines is 2. The zero-order chi connectivity index (χ0) is 41.5. The second kappa shape index (κ2) is 16.3. The van der Waals surface area contributed by atoms with Gasteiger partial charge >= 0.3 is 12.8 Å². The number of halogens is 6. The van der Waals surface area contributed by atoms with Crippen LogP contribution in [0.25, 0.3) is 16.9 Å². The summed E-state index contributed by atoms with van der Waals surface area (Å²) in [7, 11) is 0. The first-order chi connectivity index (χ1) is 27.6. The summed E-state index contributed by atoms with van der Waals surface area (Å²) in [5.41, 5.74) is 0.596. The molecule has 15 nitrogen and oxygen atoms in total. The van der Waals surface area contributed by atoms with Gasteiger partial charge < -0.3 is 29.5 Å². The van der Waals surface area contributed by atoms with Gasteiger partial charge in [0.15, 0.2) is 22.6 Å².